The van der Waals surface area contributed by atoms with Crippen LogP contribution in [0.4, 0.5) is 9.52 Å². The predicted octanol–water partition coefficient (Wildman–Crippen LogP) is 4.96. The number of nitrogens with zero attached hydrogens (tertiary/aromatic N) is 3. The van der Waals surface area contributed by atoms with Crippen molar-refractivity contribution in [3.63, 3.8) is 0 Å². The summed E-state index contributed by atoms with van der Waals surface area (Å²) in [5.41, 5.74) is 2.50. The lowest BCUT2D eigenvalue weighted by Crippen LogP contribution is -2.31. The third-order valence-corrected chi connectivity index (χ3v) is 5.33. The third kappa shape index (κ3) is 2.82. The van der Waals surface area contributed by atoms with E-state index in [0.29, 0.717) is 28.5 Å². The van der Waals surface area contributed by atoms with E-state index in [1.807, 2.05) is 31.2 Å². The molecule has 1 amide bonds. The van der Waals surface area contributed by atoms with Crippen molar-refractivity contribution in [1.82, 2.24) is 9.97 Å². The Morgan fingerprint density at radius 1 is 1.12 bits per heavy atom. The molecule has 0 fully saturated rings. The Balaban J connectivity index is 1.78. The summed E-state index contributed by atoms with van der Waals surface area (Å²) >= 11 is 1.49. The number of benzene rings is 2. The standard InChI is InChI=1S/C20H16FN3OS/c1-3-24(20-23-16-6-4-5-7-18(16)26-20)19(25)15-10-13-8-9-14(21)11-17(13)22-12(15)2/h4-11H,3H2,1-2H3. The molecular formula is C20H16FN3OS. The lowest BCUT2D eigenvalue weighted by atomic mass is 10.1. The minimum Gasteiger partial charge on any atom is -0.284 e. The molecule has 4 nitrogen and oxygen atoms in total. The zero-order chi connectivity index (χ0) is 18.3. The number of thiazole rings is 1. The molecule has 0 atom stereocenters. The molecule has 2 heterocycles. The average Bonchev–Trinajstić information content (AvgIpc) is 3.05. The van der Waals surface area contributed by atoms with Crippen molar-refractivity contribution < 1.29 is 9.18 Å². The fourth-order valence-electron chi connectivity index (χ4n) is 2.94. The van der Waals surface area contributed by atoms with Gasteiger partial charge in [0.15, 0.2) is 5.13 Å². The maximum absolute atomic E-state index is 13.4. The van der Waals surface area contributed by atoms with Gasteiger partial charge in [-0.15, -0.1) is 0 Å². The van der Waals surface area contributed by atoms with Gasteiger partial charge < -0.3 is 0 Å². The smallest absolute Gasteiger partial charge is 0.261 e. The number of rotatable bonds is 3. The van der Waals surface area contributed by atoms with E-state index in [-0.39, 0.29) is 11.7 Å². The minimum atomic E-state index is -0.340. The summed E-state index contributed by atoms with van der Waals surface area (Å²) in [7, 11) is 0. The van der Waals surface area contributed by atoms with Crippen molar-refractivity contribution in [2.75, 3.05) is 11.4 Å². The summed E-state index contributed by atoms with van der Waals surface area (Å²) in [6.07, 6.45) is 0. The van der Waals surface area contributed by atoms with Crippen LogP contribution < -0.4 is 4.90 Å². The van der Waals surface area contributed by atoms with E-state index in [4.69, 9.17) is 0 Å². The highest BCUT2D eigenvalue weighted by Crippen LogP contribution is 2.30. The number of aromatic nitrogens is 2. The molecule has 0 N–H and O–H groups in total. The van der Waals surface area contributed by atoms with E-state index < -0.39 is 0 Å². The van der Waals surface area contributed by atoms with Gasteiger partial charge in [0.25, 0.3) is 5.91 Å². The van der Waals surface area contributed by atoms with Crippen molar-refractivity contribution >= 4 is 43.5 Å². The van der Waals surface area contributed by atoms with Crippen LogP contribution in [0.2, 0.25) is 0 Å². The Morgan fingerprint density at radius 3 is 2.69 bits per heavy atom. The first-order valence-electron chi connectivity index (χ1n) is 8.31. The predicted molar refractivity (Wildman–Crippen MR) is 103 cm³/mol. The molecule has 4 rings (SSSR count). The van der Waals surface area contributed by atoms with Crippen LogP contribution in [0, 0.1) is 12.7 Å². The van der Waals surface area contributed by atoms with E-state index in [1.165, 1.54) is 23.5 Å². The lowest BCUT2D eigenvalue weighted by Gasteiger charge is -2.19. The number of aryl methyl sites for hydroxylation is 1. The van der Waals surface area contributed by atoms with Gasteiger partial charge in [-0.3, -0.25) is 14.7 Å². The second-order valence-corrected chi connectivity index (χ2v) is 6.98. The molecule has 130 valence electrons. The summed E-state index contributed by atoms with van der Waals surface area (Å²) in [6.45, 7) is 4.19. The van der Waals surface area contributed by atoms with Gasteiger partial charge in [0.2, 0.25) is 0 Å². The van der Waals surface area contributed by atoms with Crippen LogP contribution in [0.5, 0.6) is 0 Å². The molecule has 0 aliphatic heterocycles. The van der Waals surface area contributed by atoms with Gasteiger partial charge in [-0.1, -0.05) is 23.5 Å². The SMILES string of the molecule is CCN(C(=O)c1cc2ccc(F)cc2nc1C)c1nc2ccccc2s1. The highest BCUT2D eigenvalue weighted by Gasteiger charge is 2.22. The van der Waals surface area contributed by atoms with Crippen molar-refractivity contribution in [1.29, 1.82) is 0 Å². The molecule has 26 heavy (non-hydrogen) atoms. The quantitative estimate of drug-likeness (QED) is 0.515. The number of halogens is 1. The Labute approximate surface area is 153 Å². The molecule has 6 heteroatoms. The van der Waals surface area contributed by atoms with Crippen LogP contribution in [0.1, 0.15) is 23.0 Å². The topological polar surface area (TPSA) is 46.1 Å². The molecule has 4 aromatic rings. The molecule has 0 saturated heterocycles. The number of carbonyl (C=O) groups is 1. The van der Waals surface area contributed by atoms with Crippen LogP contribution in [0.25, 0.3) is 21.1 Å². The van der Waals surface area contributed by atoms with Gasteiger partial charge >= 0.3 is 0 Å². The molecule has 0 aliphatic rings. The Hall–Kier alpha value is -2.86. The van der Waals surface area contributed by atoms with E-state index in [0.717, 1.165) is 15.6 Å². The van der Waals surface area contributed by atoms with Gasteiger partial charge in [-0.05, 0) is 44.2 Å². The first-order valence-corrected chi connectivity index (χ1v) is 9.13. The van der Waals surface area contributed by atoms with Gasteiger partial charge in [0, 0.05) is 18.0 Å². The molecule has 0 radical (unpaired) electrons. The number of pyridine rings is 1. The second-order valence-electron chi connectivity index (χ2n) is 5.97. The highest BCUT2D eigenvalue weighted by atomic mass is 32.1. The summed E-state index contributed by atoms with van der Waals surface area (Å²) < 4.78 is 14.5. The summed E-state index contributed by atoms with van der Waals surface area (Å²) in [4.78, 5) is 23.8. The zero-order valence-corrected chi connectivity index (χ0v) is 15.2. The molecular weight excluding hydrogens is 349 g/mol. The van der Waals surface area contributed by atoms with Crippen molar-refractivity contribution in [3.05, 3.63) is 65.6 Å². The number of para-hydroxylation sites is 1. The van der Waals surface area contributed by atoms with Crippen molar-refractivity contribution in [2.45, 2.75) is 13.8 Å². The van der Waals surface area contributed by atoms with Gasteiger partial charge in [0.1, 0.15) is 5.82 Å². The Morgan fingerprint density at radius 2 is 1.92 bits per heavy atom. The molecule has 2 aromatic heterocycles. The van der Waals surface area contributed by atoms with Gasteiger partial charge in [-0.25, -0.2) is 9.37 Å². The Kier molecular flexibility index (Phi) is 4.12. The number of anilines is 1. The molecule has 0 spiro atoms. The fourth-order valence-corrected chi connectivity index (χ4v) is 3.97. The first kappa shape index (κ1) is 16.6. The number of amides is 1. The van der Waals surface area contributed by atoms with E-state index in [2.05, 4.69) is 9.97 Å². The molecule has 2 aromatic carbocycles. The highest BCUT2D eigenvalue weighted by molar-refractivity contribution is 7.22. The van der Waals surface area contributed by atoms with Crippen LogP contribution in [-0.4, -0.2) is 22.4 Å². The van der Waals surface area contributed by atoms with Crippen molar-refractivity contribution in [2.24, 2.45) is 0 Å². The monoisotopic (exact) mass is 365 g/mol. The second kappa shape index (κ2) is 6.46. The maximum Gasteiger partial charge on any atom is 0.261 e. The van der Waals surface area contributed by atoms with E-state index in [1.54, 1.807) is 24.0 Å². The maximum atomic E-state index is 13.4. The van der Waals surface area contributed by atoms with Crippen molar-refractivity contribution in [3.8, 4) is 0 Å². The van der Waals surface area contributed by atoms with Crippen LogP contribution in [0.3, 0.4) is 0 Å². The van der Waals surface area contributed by atoms with Crippen LogP contribution in [0.15, 0.2) is 48.5 Å². The Bertz CT molecular complexity index is 1110. The molecule has 0 saturated carbocycles. The van der Waals surface area contributed by atoms with E-state index in [9.17, 15) is 9.18 Å². The van der Waals surface area contributed by atoms with Crippen LogP contribution >= 0.6 is 11.3 Å². The molecule has 0 unspecified atom stereocenters. The largest absolute Gasteiger partial charge is 0.284 e. The van der Waals surface area contributed by atoms with E-state index >= 15 is 0 Å². The van der Waals surface area contributed by atoms with Gasteiger partial charge in [-0.2, -0.15) is 0 Å². The number of fused-ring (bicyclic) bond motifs is 2. The summed E-state index contributed by atoms with van der Waals surface area (Å²) in [5, 5.41) is 1.40. The zero-order valence-electron chi connectivity index (χ0n) is 14.4. The molecule has 0 aliphatic carbocycles. The number of hydrogen-bond donors (Lipinski definition) is 0. The summed E-state index contributed by atoms with van der Waals surface area (Å²) in [5.74, 6) is -0.490. The lowest BCUT2D eigenvalue weighted by molar-refractivity contribution is 0.0987. The minimum absolute atomic E-state index is 0.150. The van der Waals surface area contributed by atoms with Crippen LogP contribution in [-0.2, 0) is 0 Å². The third-order valence-electron chi connectivity index (χ3n) is 4.28. The number of hydrogen-bond acceptors (Lipinski definition) is 4. The number of carbonyl (C=O) groups excluding carboxylic acids is 1. The summed E-state index contributed by atoms with van der Waals surface area (Å²) in [6, 6.07) is 14.0. The first-order chi connectivity index (χ1) is 12.6. The average molecular weight is 365 g/mol. The van der Waals surface area contributed by atoms with Gasteiger partial charge in [0.05, 0.1) is 27.0 Å². The molecule has 0 bridgehead atoms. The normalized spacial score (nSPS) is 11.2. The fraction of sp³-hybridized carbons (Fsp3) is 0.150.